The van der Waals surface area contributed by atoms with Gasteiger partial charge in [-0.3, -0.25) is 0 Å². The van der Waals surface area contributed by atoms with Gasteiger partial charge in [-0.15, -0.1) is 0 Å². The Bertz CT molecular complexity index is 394. The van der Waals surface area contributed by atoms with Gasteiger partial charge in [0, 0.05) is 17.2 Å². The van der Waals surface area contributed by atoms with Crippen LogP contribution in [0, 0.1) is 5.92 Å². The van der Waals surface area contributed by atoms with Gasteiger partial charge in [-0.2, -0.15) is 0 Å². The predicted molar refractivity (Wildman–Crippen MR) is 89.9 cm³/mol. The standard InChI is InChI=1S/C17H33NSi/c1-10-19(11-2)18(17(7,8)9)16-14(5)12(3)13(4)15(16)6/h14,19H,10-11H2,1-9H3. The Kier molecular flexibility index (Phi) is 5.11. The van der Waals surface area contributed by atoms with E-state index in [1.165, 1.54) is 17.7 Å². The topological polar surface area (TPSA) is 3.24 Å². The molecule has 0 amide bonds. The third-order valence-electron chi connectivity index (χ3n) is 4.89. The van der Waals surface area contributed by atoms with E-state index < -0.39 is 8.96 Å². The maximum absolute atomic E-state index is 2.84. The number of hydrogen-bond acceptors (Lipinski definition) is 1. The van der Waals surface area contributed by atoms with Crippen molar-refractivity contribution in [2.45, 2.75) is 79.9 Å². The molecule has 1 unspecified atom stereocenters. The molecule has 0 saturated heterocycles. The fourth-order valence-electron chi connectivity index (χ4n) is 3.49. The second kappa shape index (κ2) is 5.86. The molecule has 2 heteroatoms. The summed E-state index contributed by atoms with van der Waals surface area (Å²) >= 11 is 0. The first-order valence-electron chi connectivity index (χ1n) is 7.84. The first-order valence-corrected chi connectivity index (χ1v) is 9.99. The lowest BCUT2D eigenvalue weighted by Crippen LogP contribution is -2.50. The van der Waals surface area contributed by atoms with Crippen LogP contribution in [-0.2, 0) is 0 Å². The van der Waals surface area contributed by atoms with Crippen LogP contribution in [0.5, 0.6) is 0 Å². The summed E-state index contributed by atoms with van der Waals surface area (Å²) in [6.45, 7) is 21.2. The van der Waals surface area contributed by atoms with Crippen molar-refractivity contribution in [2.75, 3.05) is 0 Å². The van der Waals surface area contributed by atoms with Gasteiger partial charge in [0.05, 0.1) is 0 Å². The van der Waals surface area contributed by atoms with Crippen molar-refractivity contribution in [3.8, 4) is 0 Å². The highest BCUT2D eigenvalue weighted by atomic mass is 28.3. The van der Waals surface area contributed by atoms with Gasteiger partial charge in [-0.25, -0.2) is 0 Å². The molecule has 0 N–H and O–H groups in total. The van der Waals surface area contributed by atoms with E-state index in [-0.39, 0.29) is 5.54 Å². The second-order valence-corrected chi connectivity index (χ2v) is 10.5. The van der Waals surface area contributed by atoms with Gasteiger partial charge >= 0.3 is 0 Å². The molecule has 19 heavy (non-hydrogen) atoms. The lowest BCUT2D eigenvalue weighted by atomic mass is 10.00. The van der Waals surface area contributed by atoms with Gasteiger partial charge in [-0.05, 0) is 64.8 Å². The Balaban J connectivity index is 3.30. The molecule has 1 aliphatic rings. The van der Waals surface area contributed by atoms with Crippen LogP contribution in [0.4, 0.5) is 0 Å². The van der Waals surface area contributed by atoms with Crippen LogP contribution >= 0.6 is 0 Å². The van der Waals surface area contributed by atoms with Crippen LogP contribution in [0.2, 0.25) is 12.1 Å². The van der Waals surface area contributed by atoms with Gasteiger partial charge in [-0.1, -0.05) is 26.3 Å². The molecule has 0 fully saturated rings. The fraction of sp³-hybridized carbons (Fsp3) is 0.765. The van der Waals surface area contributed by atoms with Crippen molar-refractivity contribution in [2.24, 2.45) is 5.92 Å². The molecule has 0 aromatic carbocycles. The van der Waals surface area contributed by atoms with Crippen molar-refractivity contribution in [3.05, 3.63) is 22.4 Å². The Morgan fingerprint density at radius 2 is 1.47 bits per heavy atom. The van der Waals surface area contributed by atoms with Crippen LogP contribution < -0.4 is 0 Å². The molecule has 0 saturated carbocycles. The molecular weight excluding hydrogens is 246 g/mol. The number of rotatable bonds is 4. The SMILES string of the molecule is CC[SiH](CC)N(C1=C(C)C(C)=C(C)C1C)C(C)(C)C. The number of nitrogens with zero attached hydrogens (tertiary/aromatic N) is 1. The third kappa shape index (κ3) is 2.99. The number of allylic oxidation sites excluding steroid dienone is 3. The van der Waals surface area contributed by atoms with Crippen LogP contribution in [0.15, 0.2) is 22.4 Å². The summed E-state index contributed by atoms with van der Waals surface area (Å²) in [6.07, 6.45) is 0. The van der Waals surface area contributed by atoms with E-state index in [0.29, 0.717) is 5.92 Å². The molecule has 0 radical (unpaired) electrons. The van der Waals surface area contributed by atoms with Crippen molar-refractivity contribution in [1.82, 2.24) is 4.57 Å². The van der Waals surface area contributed by atoms with Gasteiger partial charge in [0.2, 0.25) is 0 Å². The van der Waals surface area contributed by atoms with Crippen LogP contribution in [-0.4, -0.2) is 19.1 Å². The zero-order valence-corrected chi connectivity index (χ0v) is 15.7. The van der Waals surface area contributed by atoms with Crippen LogP contribution in [0.3, 0.4) is 0 Å². The lowest BCUT2D eigenvalue weighted by Gasteiger charge is -2.46. The third-order valence-corrected chi connectivity index (χ3v) is 8.56. The van der Waals surface area contributed by atoms with Gasteiger partial charge in [0.15, 0.2) is 0 Å². The van der Waals surface area contributed by atoms with E-state index in [9.17, 15) is 0 Å². The normalized spacial score (nSPS) is 20.8. The minimum absolute atomic E-state index is 0.249. The Hall–Kier alpha value is -0.503. The Morgan fingerprint density at radius 3 is 1.74 bits per heavy atom. The maximum atomic E-state index is 2.84. The minimum Gasteiger partial charge on any atom is -0.398 e. The zero-order chi connectivity index (χ0) is 15.0. The average molecular weight is 280 g/mol. The molecular formula is C17H33NSi. The van der Waals surface area contributed by atoms with Crippen LogP contribution in [0.1, 0.15) is 62.3 Å². The van der Waals surface area contributed by atoms with E-state index in [1.807, 2.05) is 0 Å². The highest BCUT2D eigenvalue weighted by Crippen LogP contribution is 2.42. The summed E-state index contributed by atoms with van der Waals surface area (Å²) in [5.41, 5.74) is 6.51. The van der Waals surface area contributed by atoms with E-state index in [0.717, 1.165) is 0 Å². The van der Waals surface area contributed by atoms with E-state index >= 15 is 0 Å². The summed E-state index contributed by atoms with van der Waals surface area (Å²) in [7, 11) is -0.868. The molecule has 1 rings (SSSR count). The Labute approximate surface area is 122 Å². The summed E-state index contributed by atoms with van der Waals surface area (Å²) in [6, 6.07) is 2.71. The van der Waals surface area contributed by atoms with Crippen molar-refractivity contribution in [3.63, 3.8) is 0 Å². The molecule has 0 aromatic rings. The van der Waals surface area contributed by atoms with Crippen molar-refractivity contribution < 1.29 is 0 Å². The summed E-state index contributed by atoms with van der Waals surface area (Å²) in [5.74, 6) is 0.604. The van der Waals surface area contributed by atoms with E-state index in [1.54, 1.807) is 16.8 Å². The first kappa shape index (κ1) is 16.6. The molecule has 1 aliphatic carbocycles. The molecule has 0 aromatic heterocycles. The fourth-order valence-corrected chi connectivity index (χ4v) is 6.71. The maximum Gasteiger partial charge on any atom is 0.140 e. The zero-order valence-electron chi connectivity index (χ0n) is 14.5. The molecule has 1 atom stereocenters. The minimum atomic E-state index is -0.868. The van der Waals surface area contributed by atoms with E-state index in [4.69, 9.17) is 0 Å². The molecule has 0 heterocycles. The predicted octanol–water partition coefficient (Wildman–Crippen LogP) is 5.11. The van der Waals surface area contributed by atoms with E-state index in [2.05, 4.69) is 66.9 Å². The van der Waals surface area contributed by atoms with Crippen LogP contribution in [0.25, 0.3) is 0 Å². The highest BCUT2D eigenvalue weighted by molar-refractivity contribution is 6.56. The Morgan fingerprint density at radius 1 is 1.00 bits per heavy atom. The summed E-state index contributed by atoms with van der Waals surface area (Å²) < 4.78 is 2.84. The smallest absolute Gasteiger partial charge is 0.140 e. The summed E-state index contributed by atoms with van der Waals surface area (Å²) in [5, 5.41) is 0. The quantitative estimate of drug-likeness (QED) is 0.646. The average Bonchev–Trinajstić information content (AvgIpc) is 2.50. The largest absolute Gasteiger partial charge is 0.398 e. The van der Waals surface area contributed by atoms with Crippen molar-refractivity contribution >= 4 is 8.96 Å². The molecule has 110 valence electrons. The van der Waals surface area contributed by atoms with Gasteiger partial charge < -0.3 is 4.57 Å². The van der Waals surface area contributed by atoms with Crippen molar-refractivity contribution in [1.29, 1.82) is 0 Å². The lowest BCUT2D eigenvalue weighted by molar-refractivity contribution is 0.279. The number of hydrogen-bond donors (Lipinski definition) is 0. The van der Waals surface area contributed by atoms with Gasteiger partial charge in [0.25, 0.3) is 0 Å². The second-order valence-electron chi connectivity index (χ2n) is 7.05. The highest BCUT2D eigenvalue weighted by Gasteiger charge is 2.36. The monoisotopic (exact) mass is 279 g/mol. The molecule has 1 nitrogen and oxygen atoms in total. The first-order chi connectivity index (χ1) is 8.66. The molecule has 0 spiro atoms. The summed E-state index contributed by atoms with van der Waals surface area (Å²) in [4.78, 5) is 0. The molecule has 0 bridgehead atoms. The molecule has 0 aliphatic heterocycles. The van der Waals surface area contributed by atoms with Gasteiger partial charge in [0.1, 0.15) is 8.96 Å².